The van der Waals surface area contributed by atoms with Gasteiger partial charge in [0.25, 0.3) is 0 Å². The highest BCUT2D eigenvalue weighted by Gasteiger charge is 2.29. The fraction of sp³-hybridized carbons (Fsp3) is 0.379. The number of nitrogens with zero attached hydrogens (tertiary/aromatic N) is 1. The Balaban J connectivity index is 0.000000557. The van der Waals surface area contributed by atoms with Gasteiger partial charge < -0.3 is 34.5 Å². The maximum absolute atomic E-state index is 10.7. The molecule has 2 aromatic heterocycles. The highest BCUT2D eigenvalue weighted by molar-refractivity contribution is 7.19. The first-order valence-electron chi connectivity index (χ1n) is 12.9. The van der Waals surface area contributed by atoms with E-state index >= 15 is 0 Å². The van der Waals surface area contributed by atoms with Crippen LogP contribution in [-0.2, 0) is 9.59 Å². The summed E-state index contributed by atoms with van der Waals surface area (Å²) in [6.45, 7) is 4.13. The van der Waals surface area contributed by atoms with E-state index in [4.69, 9.17) is 34.0 Å². The topological polar surface area (TPSA) is 142 Å². The number of rotatable bonds is 8. The van der Waals surface area contributed by atoms with Gasteiger partial charge in [0.2, 0.25) is 0 Å². The molecule has 0 unspecified atom stereocenters. The number of fused-ring (bicyclic) bond motifs is 2. The summed E-state index contributed by atoms with van der Waals surface area (Å²) in [5.41, 5.74) is 1.04. The number of aromatic amines is 1. The number of nitrogens with one attached hydrogen (secondary N) is 1. The van der Waals surface area contributed by atoms with Crippen LogP contribution in [0.25, 0.3) is 21.0 Å². The zero-order valence-electron chi connectivity index (χ0n) is 22.6. The second-order valence-electron chi connectivity index (χ2n) is 9.70. The van der Waals surface area contributed by atoms with Gasteiger partial charge >= 0.3 is 11.9 Å². The monoisotopic (exact) mass is 570 g/mol. The van der Waals surface area contributed by atoms with E-state index in [2.05, 4.69) is 28.9 Å². The number of methoxy groups -OCH3 is 2. The maximum Gasteiger partial charge on any atom is 0.414 e. The van der Waals surface area contributed by atoms with Gasteiger partial charge in [-0.05, 0) is 68.6 Å². The van der Waals surface area contributed by atoms with Crippen LogP contribution in [0.1, 0.15) is 30.6 Å². The molecular formula is C29H34N2O8S. The quantitative estimate of drug-likeness (QED) is 0.224. The molecule has 5 rings (SSSR count). The molecule has 1 aliphatic heterocycles. The van der Waals surface area contributed by atoms with Crippen molar-refractivity contribution in [2.75, 3.05) is 33.9 Å². The number of likely N-dealkylation sites (tertiary alicyclic amines) is 1. The van der Waals surface area contributed by atoms with Crippen LogP contribution in [0.3, 0.4) is 0 Å². The lowest BCUT2D eigenvalue weighted by molar-refractivity contribution is -0.159. The minimum absolute atomic E-state index is 0.287. The second-order valence-corrected chi connectivity index (χ2v) is 10.8. The molecule has 0 amide bonds. The molecule has 0 radical (unpaired) electrons. The highest BCUT2D eigenvalue weighted by Crippen LogP contribution is 2.44. The number of β-amino-alcohol motifs (C(OH)–C–C–N with tert-alkyl or cyclic N) is 1. The smallest absolute Gasteiger partial charge is 0.414 e. The lowest BCUT2D eigenvalue weighted by Gasteiger charge is -2.38. The number of carbonyl (C=O) groups is 2. The summed E-state index contributed by atoms with van der Waals surface area (Å²) in [4.78, 5) is 25.2. The third kappa shape index (κ3) is 6.67. The van der Waals surface area contributed by atoms with E-state index in [0.717, 1.165) is 52.9 Å². The van der Waals surface area contributed by atoms with Crippen molar-refractivity contribution in [1.82, 2.24) is 9.88 Å². The zero-order chi connectivity index (χ0) is 28.8. The van der Waals surface area contributed by atoms with Crippen LogP contribution in [0.5, 0.6) is 17.2 Å². The van der Waals surface area contributed by atoms with Crippen molar-refractivity contribution in [3.8, 4) is 17.2 Å². The lowest BCUT2D eigenvalue weighted by Crippen LogP contribution is -2.45. The van der Waals surface area contributed by atoms with Crippen molar-refractivity contribution in [3.05, 3.63) is 53.5 Å². The van der Waals surface area contributed by atoms with Crippen LogP contribution in [0.15, 0.2) is 48.7 Å². The summed E-state index contributed by atoms with van der Waals surface area (Å²) in [5, 5.41) is 27.6. The van der Waals surface area contributed by atoms with Gasteiger partial charge in [-0.15, -0.1) is 11.3 Å². The standard InChI is InChI=1S/C27H32N2O4S.C2H2O4/c1-17-13-18(26-14-21-25(34-26)8-7-24(31-2)27(21)32-3)10-12-29(17)15-19(30)16-33-23-6-4-5-22-20(23)9-11-28-22;3-1(4)2(5)6/h4-9,11,14,17-19,28,30H,10,12-13,15-16H2,1-3H3;(H,3,4)(H,5,6)/t17-,18-,19+;/m1./s1. The van der Waals surface area contributed by atoms with Gasteiger partial charge in [-0.2, -0.15) is 0 Å². The molecule has 1 saturated heterocycles. The number of piperidine rings is 1. The van der Waals surface area contributed by atoms with Gasteiger partial charge in [-0.3, -0.25) is 4.90 Å². The Morgan fingerprint density at radius 1 is 1.07 bits per heavy atom. The molecule has 214 valence electrons. The van der Waals surface area contributed by atoms with E-state index in [9.17, 15) is 5.11 Å². The summed E-state index contributed by atoms with van der Waals surface area (Å²) >= 11 is 1.85. The minimum atomic E-state index is -1.82. The van der Waals surface area contributed by atoms with E-state index in [1.54, 1.807) is 14.2 Å². The Morgan fingerprint density at radius 2 is 1.85 bits per heavy atom. The van der Waals surface area contributed by atoms with Crippen LogP contribution in [0.4, 0.5) is 0 Å². The van der Waals surface area contributed by atoms with Crippen molar-refractivity contribution >= 4 is 44.3 Å². The molecule has 0 saturated carbocycles. The molecule has 4 aromatic rings. The number of H-pyrrole nitrogens is 1. The molecular weight excluding hydrogens is 536 g/mol. The molecule has 4 N–H and O–H groups in total. The van der Waals surface area contributed by atoms with Gasteiger partial charge in [0.05, 0.1) is 14.2 Å². The maximum atomic E-state index is 10.7. The molecule has 3 atom stereocenters. The molecule has 0 bridgehead atoms. The molecule has 1 aliphatic rings. The average molecular weight is 571 g/mol. The van der Waals surface area contributed by atoms with Gasteiger partial charge in [0, 0.05) is 44.6 Å². The van der Waals surface area contributed by atoms with Crippen molar-refractivity contribution < 1.29 is 39.1 Å². The summed E-state index contributed by atoms with van der Waals surface area (Å²) < 4.78 is 18.3. The Morgan fingerprint density at radius 3 is 2.52 bits per heavy atom. The molecule has 0 spiro atoms. The molecule has 0 aliphatic carbocycles. The molecule has 40 heavy (non-hydrogen) atoms. The predicted octanol–water partition coefficient (Wildman–Crippen LogP) is 4.56. The van der Waals surface area contributed by atoms with Crippen molar-refractivity contribution in [2.45, 2.75) is 37.8 Å². The number of thiophene rings is 1. The number of aliphatic carboxylic acids is 2. The summed E-state index contributed by atoms with van der Waals surface area (Å²) in [7, 11) is 3.37. The largest absolute Gasteiger partial charge is 0.493 e. The summed E-state index contributed by atoms with van der Waals surface area (Å²) in [6, 6.07) is 14.7. The number of aliphatic hydroxyl groups is 1. The zero-order valence-corrected chi connectivity index (χ0v) is 23.4. The lowest BCUT2D eigenvalue weighted by atomic mass is 9.90. The number of benzene rings is 2. The van der Waals surface area contributed by atoms with Gasteiger partial charge in [-0.25, -0.2) is 9.59 Å². The number of aliphatic hydroxyl groups excluding tert-OH is 1. The number of carboxylic acids is 2. The highest BCUT2D eigenvalue weighted by atomic mass is 32.1. The fourth-order valence-electron chi connectivity index (χ4n) is 5.10. The second kappa shape index (κ2) is 13.0. The van der Waals surface area contributed by atoms with Crippen LogP contribution in [0.2, 0.25) is 0 Å². The third-order valence-corrected chi connectivity index (χ3v) is 8.35. The Kier molecular flexibility index (Phi) is 9.51. The van der Waals surface area contributed by atoms with E-state index in [0.29, 0.717) is 18.5 Å². The van der Waals surface area contributed by atoms with E-state index in [-0.39, 0.29) is 6.61 Å². The average Bonchev–Trinajstić information content (AvgIpc) is 3.60. The first-order chi connectivity index (χ1) is 19.2. The normalized spacial score (nSPS) is 18.1. The van der Waals surface area contributed by atoms with Gasteiger partial charge in [-0.1, -0.05) is 6.07 Å². The number of aromatic nitrogens is 1. The van der Waals surface area contributed by atoms with Crippen LogP contribution in [0, 0.1) is 0 Å². The van der Waals surface area contributed by atoms with E-state index < -0.39 is 18.0 Å². The van der Waals surface area contributed by atoms with E-state index in [1.165, 1.54) is 9.58 Å². The van der Waals surface area contributed by atoms with Crippen LogP contribution < -0.4 is 14.2 Å². The Bertz CT molecular complexity index is 1450. The Hall–Kier alpha value is -3.80. The predicted molar refractivity (Wildman–Crippen MR) is 153 cm³/mol. The number of hydrogen-bond acceptors (Lipinski definition) is 8. The SMILES string of the molecule is COc1ccc2sc([C@@H]3CCN(C[C@H](O)COc4cccc5[nH]ccc45)[C@H](C)C3)cc2c1OC.O=C(O)C(=O)O. The first kappa shape index (κ1) is 29.2. The first-order valence-corrected chi connectivity index (χ1v) is 13.7. The molecule has 11 heteroatoms. The third-order valence-electron chi connectivity index (χ3n) is 7.09. The number of carboxylic acid groups (broad SMARTS) is 2. The number of ether oxygens (including phenoxy) is 3. The fourth-order valence-corrected chi connectivity index (χ4v) is 6.31. The molecule has 1 fully saturated rings. The van der Waals surface area contributed by atoms with Crippen molar-refractivity contribution in [3.63, 3.8) is 0 Å². The summed E-state index contributed by atoms with van der Waals surface area (Å²) in [5.74, 6) is -0.747. The molecule has 2 aromatic carbocycles. The summed E-state index contributed by atoms with van der Waals surface area (Å²) in [6.07, 6.45) is 3.52. The van der Waals surface area contributed by atoms with Gasteiger partial charge in [0.15, 0.2) is 11.5 Å². The molecule has 10 nitrogen and oxygen atoms in total. The van der Waals surface area contributed by atoms with E-state index in [1.807, 2.05) is 47.9 Å². The van der Waals surface area contributed by atoms with Gasteiger partial charge in [0.1, 0.15) is 18.5 Å². The van der Waals surface area contributed by atoms with Crippen molar-refractivity contribution in [2.24, 2.45) is 0 Å². The van der Waals surface area contributed by atoms with Crippen LogP contribution in [-0.4, -0.2) is 83.2 Å². The van der Waals surface area contributed by atoms with Crippen LogP contribution >= 0.6 is 11.3 Å². The minimum Gasteiger partial charge on any atom is -0.493 e. The Labute approximate surface area is 235 Å². The molecule has 3 heterocycles. The number of hydrogen-bond donors (Lipinski definition) is 4. The van der Waals surface area contributed by atoms with Crippen molar-refractivity contribution in [1.29, 1.82) is 0 Å².